The summed E-state index contributed by atoms with van der Waals surface area (Å²) >= 11 is 0. The molecule has 0 amide bonds. The number of aromatic nitrogens is 2. The molecule has 1 aromatic rings. The van der Waals surface area contributed by atoms with Crippen LogP contribution in [-0.2, 0) is 0 Å². The van der Waals surface area contributed by atoms with Crippen molar-refractivity contribution in [2.75, 3.05) is 13.6 Å². The second-order valence-electron chi connectivity index (χ2n) is 5.72. The average Bonchev–Trinajstić information content (AvgIpc) is 2.46. The quantitative estimate of drug-likeness (QED) is 0.904. The lowest BCUT2D eigenvalue weighted by atomic mass is 9.83. The Morgan fingerprint density at radius 2 is 2.00 bits per heavy atom. The molecule has 0 bridgehead atoms. The van der Waals surface area contributed by atoms with Crippen molar-refractivity contribution in [1.82, 2.24) is 14.9 Å². The van der Waals surface area contributed by atoms with Crippen molar-refractivity contribution >= 4 is 0 Å². The van der Waals surface area contributed by atoms with Gasteiger partial charge in [-0.2, -0.15) is 0 Å². The van der Waals surface area contributed by atoms with Gasteiger partial charge in [-0.25, -0.2) is 0 Å². The maximum Gasteiger partial charge on any atom is 0.0784 e. The lowest BCUT2D eigenvalue weighted by molar-refractivity contribution is 0.0967. The van der Waals surface area contributed by atoms with Crippen LogP contribution in [0.3, 0.4) is 0 Å². The first-order valence-corrected chi connectivity index (χ1v) is 7.34. The van der Waals surface area contributed by atoms with Crippen LogP contribution in [0.15, 0.2) is 12.4 Å². The Hall–Kier alpha value is -1.00. The van der Waals surface area contributed by atoms with E-state index in [1.165, 1.54) is 25.7 Å². The first-order valence-electron chi connectivity index (χ1n) is 7.34. The molecule has 19 heavy (non-hydrogen) atoms. The summed E-state index contributed by atoms with van der Waals surface area (Å²) < 4.78 is 0. The van der Waals surface area contributed by atoms with Gasteiger partial charge >= 0.3 is 0 Å². The zero-order valence-corrected chi connectivity index (χ0v) is 12.3. The van der Waals surface area contributed by atoms with Crippen LogP contribution in [0, 0.1) is 12.8 Å². The van der Waals surface area contributed by atoms with E-state index in [9.17, 15) is 0 Å². The molecular weight excluding hydrogens is 236 g/mol. The molecule has 1 fully saturated rings. The largest absolute Gasteiger partial charge is 0.330 e. The lowest BCUT2D eigenvalue weighted by Crippen LogP contribution is -2.44. The monoisotopic (exact) mass is 262 g/mol. The molecule has 2 rings (SSSR count). The van der Waals surface area contributed by atoms with E-state index in [1.54, 1.807) is 12.4 Å². The number of rotatable bonds is 4. The highest BCUT2D eigenvalue weighted by atomic mass is 15.2. The summed E-state index contributed by atoms with van der Waals surface area (Å²) in [6, 6.07) is 0.876. The van der Waals surface area contributed by atoms with Crippen LogP contribution in [0.1, 0.15) is 50.0 Å². The van der Waals surface area contributed by atoms with Crippen molar-refractivity contribution in [2.45, 2.75) is 51.6 Å². The smallest absolute Gasteiger partial charge is 0.0784 e. The fourth-order valence-electron chi connectivity index (χ4n) is 3.31. The summed E-state index contributed by atoms with van der Waals surface area (Å²) in [4.78, 5) is 11.3. The van der Waals surface area contributed by atoms with Crippen LogP contribution >= 0.6 is 0 Å². The Kier molecular flexibility index (Phi) is 4.88. The maximum atomic E-state index is 5.95. The first-order chi connectivity index (χ1) is 9.15. The number of hydrogen-bond acceptors (Lipinski definition) is 4. The topological polar surface area (TPSA) is 55.0 Å². The molecule has 1 aliphatic carbocycles. The molecule has 4 heteroatoms. The number of hydrogen-bond donors (Lipinski definition) is 1. The van der Waals surface area contributed by atoms with E-state index in [-0.39, 0.29) is 0 Å². The molecule has 0 aliphatic heterocycles. The van der Waals surface area contributed by atoms with Crippen molar-refractivity contribution in [3.05, 3.63) is 23.8 Å². The van der Waals surface area contributed by atoms with Gasteiger partial charge in [-0.1, -0.05) is 12.8 Å². The van der Waals surface area contributed by atoms with Crippen molar-refractivity contribution < 1.29 is 0 Å². The number of aryl methyl sites for hydroxylation is 1. The van der Waals surface area contributed by atoms with Crippen molar-refractivity contribution in [1.29, 1.82) is 0 Å². The van der Waals surface area contributed by atoms with E-state index in [0.29, 0.717) is 18.0 Å². The molecular formula is C15H26N4. The van der Waals surface area contributed by atoms with E-state index in [0.717, 1.165) is 17.9 Å². The third-order valence-electron chi connectivity index (χ3n) is 4.62. The Balaban J connectivity index is 2.14. The lowest BCUT2D eigenvalue weighted by Gasteiger charge is -2.40. The van der Waals surface area contributed by atoms with Crippen LogP contribution in [0.4, 0.5) is 0 Å². The van der Waals surface area contributed by atoms with Gasteiger partial charge in [-0.05, 0) is 46.2 Å². The Bertz CT molecular complexity index is 407. The van der Waals surface area contributed by atoms with Gasteiger partial charge in [0.2, 0.25) is 0 Å². The van der Waals surface area contributed by atoms with E-state index >= 15 is 0 Å². The van der Waals surface area contributed by atoms with E-state index in [4.69, 9.17) is 5.73 Å². The minimum absolute atomic E-state index is 0.297. The summed E-state index contributed by atoms with van der Waals surface area (Å²) in [6.07, 6.45) is 8.70. The molecule has 0 radical (unpaired) electrons. The van der Waals surface area contributed by atoms with E-state index in [2.05, 4.69) is 28.8 Å². The van der Waals surface area contributed by atoms with Crippen molar-refractivity contribution in [3.8, 4) is 0 Å². The highest BCUT2D eigenvalue weighted by Gasteiger charge is 2.30. The van der Waals surface area contributed by atoms with Crippen LogP contribution < -0.4 is 5.73 Å². The predicted molar refractivity (Wildman–Crippen MR) is 77.7 cm³/mol. The molecule has 4 nitrogen and oxygen atoms in total. The van der Waals surface area contributed by atoms with E-state index in [1.807, 2.05) is 6.92 Å². The summed E-state index contributed by atoms with van der Waals surface area (Å²) in [5.74, 6) is 0.623. The van der Waals surface area contributed by atoms with Gasteiger partial charge in [0.05, 0.1) is 17.4 Å². The molecule has 1 heterocycles. The minimum Gasteiger partial charge on any atom is -0.330 e. The summed E-state index contributed by atoms with van der Waals surface area (Å²) in [7, 11) is 2.21. The highest BCUT2D eigenvalue weighted by molar-refractivity contribution is 5.13. The number of nitrogens with two attached hydrogens (primary N) is 1. The summed E-state index contributed by atoms with van der Waals surface area (Å²) in [5, 5.41) is 0. The molecule has 3 atom stereocenters. The van der Waals surface area contributed by atoms with Gasteiger partial charge in [-0.3, -0.25) is 14.9 Å². The van der Waals surface area contributed by atoms with Crippen LogP contribution in [0.5, 0.6) is 0 Å². The maximum absolute atomic E-state index is 5.95. The van der Waals surface area contributed by atoms with Gasteiger partial charge in [0.15, 0.2) is 0 Å². The Labute approximate surface area is 116 Å². The van der Waals surface area contributed by atoms with Crippen LogP contribution in [-0.4, -0.2) is 34.5 Å². The standard InChI is InChI=1S/C15H26N4/c1-11-15(18-9-8-17-11)12(2)19(3)14-7-5-4-6-13(14)10-16/h8-9,12-14H,4-7,10,16H2,1-3H3. The first kappa shape index (κ1) is 14.4. The average molecular weight is 262 g/mol. The van der Waals surface area contributed by atoms with Crippen molar-refractivity contribution in [3.63, 3.8) is 0 Å². The van der Waals surface area contributed by atoms with Gasteiger partial charge in [0.25, 0.3) is 0 Å². The fourth-order valence-corrected chi connectivity index (χ4v) is 3.31. The van der Waals surface area contributed by atoms with Gasteiger partial charge in [0.1, 0.15) is 0 Å². The van der Waals surface area contributed by atoms with Gasteiger partial charge < -0.3 is 5.73 Å². The molecule has 1 aromatic heterocycles. The highest BCUT2D eigenvalue weighted by Crippen LogP contribution is 2.32. The fraction of sp³-hybridized carbons (Fsp3) is 0.733. The normalized spacial score (nSPS) is 25.5. The summed E-state index contributed by atoms with van der Waals surface area (Å²) in [6.45, 7) is 5.05. The second-order valence-corrected chi connectivity index (χ2v) is 5.72. The van der Waals surface area contributed by atoms with Crippen LogP contribution in [0.2, 0.25) is 0 Å². The van der Waals surface area contributed by atoms with Gasteiger partial charge in [0, 0.05) is 18.4 Å². The zero-order chi connectivity index (χ0) is 13.8. The van der Waals surface area contributed by atoms with Crippen molar-refractivity contribution in [2.24, 2.45) is 11.7 Å². The molecule has 2 N–H and O–H groups in total. The predicted octanol–water partition coefficient (Wildman–Crippen LogP) is 2.30. The third kappa shape index (κ3) is 3.12. The molecule has 0 aromatic carbocycles. The second kappa shape index (κ2) is 6.44. The molecule has 1 saturated carbocycles. The van der Waals surface area contributed by atoms with E-state index < -0.39 is 0 Å². The molecule has 0 saturated heterocycles. The minimum atomic E-state index is 0.297. The Morgan fingerprint density at radius 3 is 2.68 bits per heavy atom. The Morgan fingerprint density at radius 1 is 1.32 bits per heavy atom. The molecule has 3 unspecified atom stereocenters. The molecule has 0 spiro atoms. The molecule has 1 aliphatic rings. The molecule has 106 valence electrons. The van der Waals surface area contributed by atoms with Gasteiger partial charge in [-0.15, -0.1) is 0 Å². The zero-order valence-electron chi connectivity index (χ0n) is 12.3. The third-order valence-corrected chi connectivity index (χ3v) is 4.62. The number of nitrogens with zero attached hydrogens (tertiary/aromatic N) is 3. The SMILES string of the molecule is Cc1nccnc1C(C)N(C)C1CCCCC1CN. The summed E-state index contributed by atoms with van der Waals surface area (Å²) in [5.41, 5.74) is 8.06. The van der Waals surface area contributed by atoms with Crippen LogP contribution in [0.25, 0.3) is 0 Å².